The zero-order chi connectivity index (χ0) is 8.24. The fourth-order valence-electron chi connectivity index (χ4n) is 0.315. The predicted molar refractivity (Wildman–Crippen MR) is 42.8 cm³/mol. The Labute approximate surface area is 78.2 Å². The first-order valence-electron chi connectivity index (χ1n) is 2.71. The SMILES string of the molecule is [Cl][Pt][Cl].[NH-]CCNCCN. The molecular weight excluding hydrogens is 356 g/mol. The van der Waals surface area contributed by atoms with E-state index in [1.165, 1.54) is 0 Å². The molecule has 0 aromatic carbocycles. The Morgan fingerprint density at radius 1 is 1.40 bits per heavy atom. The topological polar surface area (TPSA) is 61.8 Å². The average Bonchev–Trinajstić information content (AvgIpc) is 1.91. The summed E-state index contributed by atoms with van der Waals surface area (Å²) in [6.45, 7) is 2.70. The van der Waals surface area contributed by atoms with Gasteiger partial charge in [0.1, 0.15) is 0 Å². The molecule has 0 atom stereocenters. The average molecular weight is 368 g/mol. The zero-order valence-electron chi connectivity index (χ0n) is 5.48. The Balaban J connectivity index is 0. The summed E-state index contributed by atoms with van der Waals surface area (Å²) in [5.74, 6) is 0. The Morgan fingerprint density at radius 2 is 1.90 bits per heavy atom. The summed E-state index contributed by atoms with van der Waals surface area (Å²) in [6, 6.07) is 0. The summed E-state index contributed by atoms with van der Waals surface area (Å²) < 4.78 is 0. The fourth-order valence-corrected chi connectivity index (χ4v) is 0.315. The van der Waals surface area contributed by atoms with Crippen molar-refractivity contribution in [3.05, 3.63) is 5.73 Å². The van der Waals surface area contributed by atoms with Crippen molar-refractivity contribution >= 4 is 18.8 Å². The van der Waals surface area contributed by atoms with Gasteiger partial charge in [0.2, 0.25) is 0 Å². The van der Waals surface area contributed by atoms with Gasteiger partial charge in [0.05, 0.1) is 0 Å². The van der Waals surface area contributed by atoms with Crippen LogP contribution in [0, 0.1) is 0 Å². The van der Waals surface area contributed by atoms with Gasteiger partial charge in [0.25, 0.3) is 0 Å². The molecule has 0 heterocycles. The van der Waals surface area contributed by atoms with E-state index in [1.807, 2.05) is 0 Å². The maximum absolute atomic E-state index is 6.68. The van der Waals surface area contributed by atoms with E-state index in [0.717, 1.165) is 13.1 Å². The molecule has 0 aliphatic rings. The second-order valence-electron chi connectivity index (χ2n) is 1.33. The Kier molecular flexibility index (Phi) is 22.8. The van der Waals surface area contributed by atoms with Crippen molar-refractivity contribution in [1.82, 2.24) is 5.32 Å². The molecule has 0 aliphatic heterocycles. The van der Waals surface area contributed by atoms with Crippen LogP contribution in [-0.2, 0) is 16.5 Å². The van der Waals surface area contributed by atoms with Gasteiger partial charge in [-0.1, -0.05) is 0 Å². The number of nitrogens with two attached hydrogens (primary N) is 1. The van der Waals surface area contributed by atoms with Crippen LogP contribution in [-0.4, -0.2) is 26.2 Å². The summed E-state index contributed by atoms with van der Waals surface area (Å²) in [7, 11) is 9.75. The molecular formula is C4H12Cl2N3Pt-. The maximum Gasteiger partial charge on any atom is 0.00737 e. The van der Waals surface area contributed by atoms with Crippen LogP contribution >= 0.6 is 18.8 Å². The van der Waals surface area contributed by atoms with Crippen LogP contribution in [0.3, 0.4) is 0 Å². The fraction of sp³-hybridized carbons (Fsp3) is 1.00. The Hall–Kier alpha value is 1.15. The van der Waals surface area contributed by atoms with Crippen molar-refractivity contribution in [1.29, 1.82) is 0 Å². The molecule has 3 nitrogen and oxygen atoms in total. The van der Waals surface area contributed by atoms with E-state index in [4.69, 9.17) is 30.3 Å². The third kappa shape index (κ3) is 22.9. The normalized spacial score (nSPS) is 8.80. The van der Waals surface area contributed by atoms with Crippen molar-refractivity contribution in [2.24, 2.45) is 5.73 Å². The second kappa shape index (κ2) is 16.6. The maximum atomic E-state index is 6.68. The van der Waals surface area contributed by atoms with Gasteiger partial charge in [0, 0.05) is 13.1 Å². The number of hydrogen-bond donors (Lipinski definition) is 2. The first-order valence-corrected chi connectivity index (χ1v) is 8.34. The molecule has 0 bridgehead atoms. The molecule has 0 aliphatic carbocycles. The van der Waals surface area contributed by atoms with Crippen molar-refractivity contribution < 1.29 is 16.5 Å². The molecule has 0 aromatic rings. The van der Waals surface area contributed by atoms with Crippen molar-refractivity contribution in [2.45, 2.75) is 0 Å². The molecule has 0 amide bonds. The van der Waals surface area contributed by atoms with Crippen LogP contribution in [0.4, 0.5) is 0 Å². The molecule has 0 saturated heterocycles. The Bertz CT molecular complexity index is 45.5. The van der Waals surface area contributed by atoms with Gasteiger partial charge in [-0.3, -0.25) is 0 Å². The largest absolute Gasteiger partial charge is 0.676 e. The molecule has 0 radical (unpaired) electrons. The summed E-state index contributed by atoms with van der Waals surface area (Å²) in [4.78, 5) is 0. The van der Waals surface area contributed by atoms with Crippen LogP contribution in [0.1, 0.15) is 0 Å². The van der Waals surface area contributed by atoms with E-state index in [2.05, 4.69) is 5.32 Å². The molecule has 0 fully saturated rings. The molecule has 0 rings (SSSR count). The summed E-state index contributed by atoms with van der Waals surface area (Å²) >= 11 is -0.472. The molecule has 6 heteroatoms. The van der Waals surface area contributed by atoms with E-state index in [1.54, 1.807) is 0 Å². The Morgan fingerprint density at radius 3 is 2.20 bits per heavy atom. The quantitative estimate of drug-likeness (QED) is 0.727. The van der Waals surface area contributed by atoms with E-state index < -0.39 is 16.5 Å². The molecule has 4 N–H and O–H groups in total. The number of nitrogens with one attached hydrogen (secondary N) is 2. The van der Waals surface area contributed by atoms with Gasteiger partial charge in [-0.15, -0.1) is 6.54 Å². The van der Waals surface area contributed by atoms with Gasteiger partial charge in [-0.25, -0.2) is 0 Å². The number of hydrogen-bond acceptors (Lipinski definition) is 2. The minimum atomic E-state index is -0.472. The van der Waals surface area contributed by atoms with Crippen LogP contribution in [0.2, 0.25) is 0 Å². The predicted octanol–water partition coefficient (Wildman–Crippen LogP) is 0.963. The van der Waals surface area contributed by atoms with Crippen LogP contribution in [0.5, 0.6) is 0 Å². The standard InChI is InChI=1S/C4H12N3.2ClH.Pt/c5-1-3-7-4-2-6;;;/h5,7H,1-4,6H2;2*1H;/q-1;;;+2/p-2. The van der Waals surface area contributed by atoms with Gasteiger partial charge in [0.15, 0.2) is 0 Å². The van der Waals surface area contributed by atoms with E-state index in [0.29, 0.717) is 13.1 Å². The van der Waals surface area contributed by atoms with Gasteiger partial charge in [-0.05, 0) is 6.54 Å². The molecule has 0 saturated carbocycles. The van der Waals surface area contributed by atoms with Crippen molar-refractivity contribution in [3.63, 3.8) is 0 Å². The van der Waals surface area contributed by atoms with Crippen molar-refractivity contribution in [3.8, 4) is 0 Å². The van der Waals surface area contributed by atoms with Crippen LogP contribution in [0.25, 0.3) is 5.73 Å². The first kappa shape index (κ1) is 13.7. The first-order chi connectivity index (χ1) is 4.83. The molecule has 0 unspecified atom stereocenters. The van der Waals surface area contributed by atoms with Gasteiger partial charge < -0.3 is 16.8 Å². The molecule has 0 aromatic heterocycles. The minimum Gasteiger partial charge on any atom is -0.676 e. The van der Waals surface area contributed by atoms with E-state index in [9.17, 15) is 0 Å². The monoisotopic (exact) mass is 367 g/mol. The third-order valence-electron chi connectivity index (χ3n) is 0.623. The zero-order valence-corrected chi connectivity index (χ0v) is 9.26. The molecule has 10 heavy (non-hydrogen) atoms. The second-order valence-corrected chi connectivity index (χ2v) is 4.62. The van der Waals surface area contributed by atoms with Gasteiger partial charge in [-0.2, -0.15) is 0 Å². The third-order valence-corrected chi connectivity index (χ3v) is 0.623. The van der Waals surface area contributed by atoms with E-state index in [-0.39, 0.29) is 0 Å². The molecule has 0 spiro atoms. The smallest absolute Gasteiger partial charge is 0.00737 e. The summed E-state index contributed by atoms with van der Waals surface area (Å²) in [6.07, 6.45) is 0. The van der Waals surface area contributed by atoms with Crippen molar-refractivity contribution in [2.75, 3.05) is 26.2 Å². The van der Waals surface area contributed by atoms with Crippen LogP contribution in [0.15, 0.2) is 0 Å². The van der Waals surface area contributed by atoms with Crippen LogP contribution < -0.4 is 11.1 Å². The van der Waals surface area contributed by atoms with Gasteiger partial charge >= 0.3 is 35.3 Å². The summed E-state index contributed by atoms with van der Waals surface area (Å²) in [5.41, 5.74) is 11.8. The summed E-state index contributed by atoms with van der Waals surface area (Å²) in [5, 5.41) is 2.97. The van der Waals surface area contributed by atoms with E-state index >= 15 is 0 Å². The number of rotatable bonds is 4. The minimum absolute atomic E-state index is 0.444. The number of halogens is 2. The molecule has 68 valence electrons.